The summed E-state index contributed by atoms with van der Waals surface area (Å²) in [7, 11) is 0. The molecule has 1 aliphatic carbocycles. The van der Waals surface area contributed by atoms with Gasteiger partial charge in [0.1, 0.15) is 0 Å². The molecule has 1 aromatic heterocycles. The van der Waals surface area contributed by atoms with Crippen LogP contribution >= 0.6 is 0 Å². The molecule has 2 rings (SSSR count). The Morgan fingerprint density at radius 2 is 2.07 bits per heavy atom. The fraction of sp³-hybridized carbons (Fsp3) is 0.750. The fourth-order valence-electron chi connectivity index (χ4n) is 2.58. The number of H-pyrrole nitrogens is 1. The minimum Gasteiger partial charge on any atom is -0.369 e. The summed E-state index contributed by atoms with van der Waals surface area (Å²) in [6.45, 7) is 2.06. The Labute approximate surface area is 91.5 Å². The highest BCUT2D eigenvalue weighted by Gasteiger charge is 2.14. The molecule has 0 radical (unpaired) electrons. The zero-order valence-electron chi connectivity index (χ0n) is 9.55. The highest BCUT2D eigenvalue weighted by Crippen LogP contribution is 2.27. The third kappa shape index (κ3) is 2.74. The van der Waals surface area contributed by atoms with Crippen LogP contribution in [0, 0.1) is 12.8 Å². The van der Waals surface area contributed by atoms with E-state index in [4.69, 9.17) is 5.73 Å². The van der Waals surface area contributed by atoms with Crippen LogP contribution in [0.15, 0.2) is 0 Å². The molecule has 0 amide bonds. The molecule has 1 fully saturated rings. The first-order valence-corrected chi connectivity index (χ1v) is 6.06. The first-order valence-electron chi connectivity index (χ1n) is 6.06. The zero-order valence-corrected chi connectivity index (χ0v) is 9.55. The van der Waals surface area contributed by atoms with Gasteiger partial charge in [-0.2, -0.15) is 0 Å². The van der Waals surface area contributed by atoms with Gasteiger partial charge in [-0.05, 0) is 25.7 Å². The van der Waals surface area contributed by atoms with E-state index < -0.39 is 0 Å². The first kappa shape index (κ1) is 10.5. The lowest BCUT2D eigenvalue weighted by atomic mass is 9.86. The average Bonchev–Trinajstić information content (AvgIpc) is 2.56. The van der Waals surface area contributed by atoms with E-state index in [1.54, 1.807) is 0 Å². The number of rotatable bonds is 3. The average molecular weight is 207 g/mol. The number of anilines is 1. The molecule has 1 saturated carbocycles. The van der Waals surface area contributed by atoms with Crippen molar-refractivity contribution in [2.45, 2.75) is 51.9 Å². The Balaban J connectivity index is 1.84. The molecule has 1 heterocycles. The van der Waals surface area contributed by atoms with Crippen molar-refractivity contribution in [2.24, 2.45) is 5.92 Å². The van der Waals surface area contributed by atoms with Crippen LogP contribution in [-0.4, -0.2) is 9.97 Å². The lowest BCUT2D eigenvalue weighted by Crippen LogP contribution is -2.07. The number of aryl methyl sites for hydroxylation is 2. The van der Waals surface area contributed by atoms with Crippen molar-refractivity contribution in [3.8, 4) is 0 Å². The number of nitrogens with one attached hydrogen (secondary N) is 1. The van der Waals surface area contributed by atoms with Crippen LogP contribution in [-0.2, 0) is 6.42 Å². The maximum Gasteiger partial charge on any atom is 0.197 e. The number of hydrogen-bond donors (Lipinski definition) is 2. The molecule has 0 aliphatic heterocycles. The number of imidazole rings is 1. The van der Waals surface area contributed by atoms with Crippen LogP contribution in [0.25, 0.3) is 0 Å². The molecule has 84 valence electrons. The monoisotopic (exact) mass is 207 g/mol. The molecule has 1 aromatic rings. The summed E-state index contributed by atoms with van der Waals surface area (Å²) in [6, 6.07) is 0. The standard InChI is InChI=1S/C12H21N3/c1-9-11(15-12(13)14-9)8-7-10-5-3-2-4-6-10/h10H,2-8H2,1H3,(H3,13,14,15). The molecule has 3 heteroatoms. The van der Waals surface area contributed by atoms with Crippen LogP contribution in [0.2, 0.25) is 0 Å². The van der Waals surface area contributed by atoms with Gasteiger partial charge in [-0.1, -0.05) is 32.1 Å². The number of aromatic amines is 1. The van der Waals surface area contributed by atoms with Crippen LogP contribution in [0.3, 0.4) is 0 Å². The lowest BCUT2D eigenvalue weighted by molar-refractivity contribution is 0.338. The van der Waals surface area contributed by atoms with Gasteiger partial charge in [-0.15, -0.1) is 0 Å². The van der Waals surface area contributed by atoms with E-state index in [1.807, 2.05) is 0 Å². The molecule has 0 aromatic carbocycles. The lowest BCUT2D eigenvalue weighted by Gasteiger charge is -2.20. The minimum atomic E-state index is 0.561. The van der Waals surface area contributed by atoms with Crippen LogP contribution in [0.1, 0.15) is 49.9 Å². The highest BCUT2D eigenvalue weighted by molar-refractivity contribution is 5.25. The zero-order chi connectivity index (χ0) is 10.7. The van der Waals surface area contributed by atoms with Crippen molar-refractivity contribution in [3.05, 3.63) is 11.4 Å². The molecule has 1 aliphatic rings. The number of nitrogen functional groups attached to an aromatic ring is 1. The van der Waals surface area contributed by atoms with Crippen molar-refractivity contribution in [2.75, 3.05) is 5.73 Å². The fourth-order valence-corrected chi connectivity index (χ4v) is 2.58. The third-order valence-electron chi connectivity index (χ3n) is 3.52. The Kier molecular flexibility index (Phi) is 3.29. The minimum absolute atomic E-state index is 0.561. The maximum absolute atomic E-state index is 5.62. The second-order valence-corrected chi connectivity index (χ2v) is 4.74. The van der Waals surface area contributed by atoms with Crippen molar-refractivity contribution >= 4 is 5.95 Å². The first-order chi connectivity index (χ1) is 7.25. The van der Waals surface area contributed by atoms with E-state index in [1.165, 1.54) is 38.5 Å². The Hall–Kier alpha value is -0.990. The largest absolute Gasteiger partial charge is 0.369 e. The summed E-state index contributed by atoms with van der Waals surface area (Å²) in [6.07, 6.45) is 9.48. The topological polar surface area (TPSA) is 54.7 Å². The second kappa shape index (κ2) is 4.69. The molecule has 3 nitrogen and oxygen atoms in total. The van der Waals surface area contributed by atoms with Gasteiger partial charge in [0.05, 0.1) is 5.69 Å². The van der Waals surface area contributed by atoms with Gasteiger partial charge >= 0.3 is 0 Å². The van der Waals surface area contributed by atoms with Crippen LogP contribution in [0.4, 0.5) is 5.95 Å². The van der Waals surface area contributed by atoms with E-state index >= 15 is 0 Å². The molecule has 3 N–H and O–H groups in total. The summed E-state index contributed by atoms with van der Waals surface area (Å²) >= 11 is 0. The quantitative estimate of drug-likeness (QED) is 0.800. The van der Waals surface area contributed by atoms with E-state index in [0.29, 0.717) is 5.95 Å². The Bertz CT molecular complexity index is 311. The molecular weight excluding hydrogens is 186 g/mol. The molecule has 15 heavy (non-hydrogen) atoms. The predicted molar refractivity (Wildman–Crippen MR) is 62.6 cm³/mol. The summed E-state index contributed by atoms with van der Waals surface area (Å²) < 4.78 is 0. The summed E-state index contributed by atoms with van der Waals surface area (Å²) in [4.78, 5) is 7.38. The normalized spacial score (nSPS) is 18.2. The van der Waals surface area contributed by atoms with E-state index in [-0.39, 0.29) is 0 Å². The predicted octanol–water partition coefficient (Wildman–Crippen LogP) is 2.81. The molecule has 0 atom stereocenters. The van der Waals surface area contributed by atoms with Gasteiger partial charge in [0.2, 0.25) is 0 Å². The van der Waals surface area contributed by atoms with Gasteiger partial charge in [-0.3, -0.25) is 0 Å². The number of nitrogens with two attached hydrogens (primary N) is 1. The molecule has 0 bridgehead atoms. The Morgan fingerprint density at radius 3 is 2.67 bits per heavy atom. The van der Waals surface area contributed by atoms with Gasteiger partial charge in [0.15, 0.2) is 5.95 Å². The second-order valence-electron chi connectivity index (χ2n) is 4.74. The molecular formula is C12H21N3. The van der Waals surface area contributed by atoms with E-state index in [9.17, 15) is 0 Å². The number of aromatic nitrogens is 2. The smallest absolute Gasteiger partial charge is 0.197 e. The maximum atomic E-state index is 5.62. The van der Waals surface area contributed by atoms with Crippen molar-refractivity contribution in [3.63, 3.8) is 0 Å². The van der Waals surface area contributed by atoms with Crippen molar-refractivity contribution in [1.82, 2.24) is 9.97 Å². The number of hydrogen-bond acceptors (Lipinski definition) is 2. The summed E-state index contributed by atoms with van der Waals surface area (Å²) in [5.74, 6) is 1.49. The van der Waals surface area contributed by atoms with Gasteiger partial charge in [0.25, 0.3) is 0 Å². The summed E-state index contributed by atoms with van der Waals surface area (Å²) in [5, 5.41) is 0. The Morgan fingerprint density at radius 1 is 1.33 bits per heavy atom. The van der Waals surface area contributed by atoms with Crippen molar-refractivity contribution in [1.29, 1.82) is 0 Å². The van der Waals surface area contributed by atoms with Crippen LogP contribution in [0.5, 0.6) is 0 Å². The van der Waals surface area contributed by atoms with E-state index in [2.05, 4.69) is 16.9 Å². The molecule has 0 saturated heterocycles. The van der Waals surface area contributed by atoms with Crippen LogP contribution < -0.4 is 5.73 Å². The van der Waals surface area contributed by atoms with Crippen molar-refractivity contribution < 1.29 is 0 Å². The summed E-state index contributed by atoms with van der Waals surface area (Å²) in [5.41, 5.74) is 7.93. The van der Waals surface area contributed by atoms with Gasteiger partial charge < -0.3 is 10.7 Å². The highest BCUT2D eigenvalue weighted by atomic mass is 15.0. The third-order valence-corrected chi connectivity index (χ3v) is 3.52. The molecule has 0 spiro atoms. The SMILES string of the molecule is Cc1[nH]c(N)nc1CCC1CCCCC1. The number of nitrogens with zero attached hydrogens (tertiary/aromatic N) is 1. The molecule has 0 unspecified atom stereocenters. The van der Waals surface area contributed by atoms with Gasteiger partial charge in [0, 0.05) is 5.69 Å². The van der Waals surface area contributed by atoms with E-state index in [0.717, 1.165) is 23.7 Å². The van der Waals surface area contributed by atoms with Gasteiger partial charge in [-0.25, -0.2) is 4.98 Å².